The third-order valence-corrected chi connectivity index (χ3v) is 6.24. The fourth-order valence-electron chi connectivity index (χ4n) is 4.70. The van der Waals surface area contributed by atoms with Crippen molar-refractivity contribution in [2.45, 2.75) is 50.1 Å². The van der Waals surface area contributed by atoms with Crippen LogP contribution in [-0.2, 0) is 16.9 Å². The Bertz CT molecular complexity index is 967. The van der Waals surface area contributed by atoms with E-state index in [2.05, 4.69) is 0 Å². The molecule has 1 amide bonds. The Morgan fingerprint density at radius 1 is 0.906 bits per heavy atom. The molecular formula is C23H21F6NO2. The van der Waals surface area contributed by atoms with Crippen LogP contribution < -0.4 is 4.74 Å². The maximum absolute atomic E-state index is 14.6. The molecule has 1 aliphatic carbocycles. The van der Waals surface area contributed by atoms with Crippen molar-refractivity contribution in [3.05, 3.63) is 65.7 Å². The lowest BCUT2D eigenvalue weighted by molar-refractivity contribution is -0.293. The number of β-lactam (4-membered cyclic amide) rings is 1. The second kappa shape index (κ2) is 7.71. The molecule has 1 atom stereocenters. The first-order valence-electron chi connectivity index (χ1n) is 10.2. The summed E-state index contributed by atoms with van der Waals surface area (Å²) >= 11 is 0. The molecule has 0 bridgehead atoms. The van der Waals surface area contributed by atoms with Crippen molar-refractivity contribution in [2.24, 2.45) is 5.41 Å². The van der Waals surface area contributed by atoms with Gasteiger partial charge in [-0.2, -0.15) is 26.3 Å². The highest BCUT2D eigenvalue weighted by Gasteiger charge is 2.86. The van der Waals surface area contributed by atoms with Gasteiger partial charge in [-0.05, 0) is 42.5 Å². The quantitative estimate of drug-likeness (QED) is 0.291. The fourth-order valence-corrected chi connectivity index (χ4v) is 4.70. The average molecular weight is 457 g/mol. The van der Waals surface area contributed by atoms with Gasteiger partial charge in [-0.25, -0.2) is 0 Å². The van der Waals surface area contributed by atoms with Gasteiger partial charge in [-0.3, -0.25) is 4.79 Å². The summed E-state index contributed by atoms with van der Waals surface area (Å²) in [5, 5.41) is 0. The maximum Gasteiger partial charge on any atom is 0.417 e. The van der Waals surface area contributed by atoms with Crippen molar-refractivity contribution in [3.8, 4) is 5.75 Å². The van der Waals surface area contributed by atoms with E-state index in [4.69, 9.17) is 4.74 Å². The zero-order valence-electron chi connectivity index (χ0n) is 17.0. The van der Waals surface area contributed by atoms with Crippen LogP contribution in [0.3, 0.4) is 0 Å². The summed E-state index contributed by atoms with van der Waals surface area (Å²) in [6, 6.07) is 13.6. The molecule has 3 nitrogen and oxygen atoms in total. The van der Waals surface area contributed by atoms with Crippen molar-refractivity contribution in [2.75, 3.05) is 6.61 Å². The molecule has 2 fully saturated rings. The van der Waals surface area contributed by atoms with Gasteiger partial charge in [0, 0.05) is 13.0 Å². The largest absolute Gasteiger partial charge is 0.494 e. The summed E-state index contributed by atoms with van der Waals surface area (Å²) in [5.41, 5.74) is -3.41. The van der Waals surface area contributed by atoms with Crippen LogP contribution in [-0.4, -0.2) is 29.8 Å². The molecule has 0 N–H and O–H groups in total. The lowest BCUT2D eigenvalue weighted by Gasteiger charge is -2.59. The molecule has 1 heterocycles. The Morgan fingerprint density at radius 3 is 2.06 bits per heavy atom. The van der Waals surface area contributed by atoms with Gasteiger partial charge in [0.25, 0.3) is 0 Å². The number of alkyl halides is 6. The van der Waals surface area contributed by atoms with Crippen LogP contribution >= 0.6 is 0 Å². The predicted molar refractivity (Wildman–Crippen MR) is 104 cm³/mol. The van der Waals surface area contributed by atoms with Crippen LogP contribution in [0, 0.1) is 5.41 Å². The smallest absolute Gasteiger partial charge is 0.417 e. The molecule has 32 heavy (non-hydrogen) atoms. The molecule has 2 aromatic rings. The van der Waals surface area contributed by atoms with Crippen molar-refractivity contribution >= 4 is 5.91 Å². The lowest BCUT2D eigenvalue weighted by atomic mass is 9.64. The Morgan fingerprint density at radius 2 is 1.53 bits per heavy atom. The number of carbonyl (C=O) groups excluding carboxylic acids is 1. The number of hydrogen-bond acceptors (Lipinski definition) is 2. The van der Waals surface area contributed by atoms with Gasteiger partial charge in [-0.15, -0.1) is 0 Å². The Labute approximate surface area is 181 Å². The zero-order valence-corrected chi connectivity index (χ0v) is 17.0. The van der Waals surface area contributed by atoms with E-state index in [1.807, 2.05) is 0 Å². The maximum atomic E-state index is 14.6. The Kier molecular flexibility index (Phi) is 5.41. The molecule has 0 radical (unpaired) electrons. The van der Waals surface area contributed by atoms with Crippen molar-refractivity contribution in [1.29, 1.82) is 0 Å². The molecule has 1 saturated heterocycles. The molecule has 1 spiro atoms. The molecule has 9 heteroatoms. The highest BCUT2D eigenvalue weighted by molar-refractivity contribution is 5.95. The third kappa shape index (κ3) is 3.61. The van der Waals surface area contributed by atoms with E-state index in [1.165, 1.54) is 24.3 Å². The van der Waals surface area contributed by atoms with Gasteiger partial charge in [0.2, 0.25) is 5.91 Å². The van der Waals surface area contributed by atoms with Crippen molar-refractivity contribution < 1.29 is 35.9 Å². The monoisotopic (exact) mass is 457 g/mol. The number of carbonyl (C=O) groups is 1. The fraction of sp³-hybridized carbons (Fsp3) is 0.435. The van der Waals surface area contributed by atoms with E-state index in [-0.39, 0.29) is 43.7 Å². The Hall–Kier alpha value is -2.71. The third-order valence-electron chi connectivity index (χ3n) is 6.24. The minimum absolute atomic E-state index is 0.0688. The van der Waals surface area contributed by atoms with E-state index in [0.717, 1.165) is 4.90 Å². The molecule has 2 aliphatic rings. The number of benzene rings is 2. The van der Waals surface area contributed by atoms with Crippen molar-refractivity contribution in [1.82, 2.24) is 4.90 Å². The first kappa shape index (κ1) is 22.5. The summed E-state index contributed by atoms with van der Waals surface area (Å²) in [7, 11) is 0. The summed E-state index contributed by atoms with van der Waals surface area (Å²) in [4.78, 5) is 13.7. The molecule has 4 rings (SSSR count). The normalized spacial score (nSPS) is 22.1. The number of amides is 1. The Balaban J connectivity index is 1.59. The molecule has 1 aliphatic heterocycles. The minimum atomic E-state index is -4.71. The van der Waals surface area contributed by atoms with Crippen LogP contribution in [0.5, 0.6) is 5.75 Å². The minimum Gasteiger partial charge on any atom is -0.494 e. The zero-order chi connectivity index (χ0) is 23.2. The second-order valence-electron chi connectivity index (χ2n) is 8.26. The summed E-state index contributed by atoms with van der Waals surface area (Å²) in [6.07, 6.45) is -9.93. The van der Waals surface area contributed by atoms with Crippen LogP contribution in [0.25, 0.3) is 0 Å². The molecular weight excluding hydrogens is 436 g/mol. The number of rotatable bonds is 7. The number of nitrogens with zero attached hydrogens (tertiary/aromatic N) is 1. The summed E-state index contributed by atoms with van der Waals surface area (Å²) in [5.74, 6) is -0.329. The first-order chi connectivity index (χ1) is 15.0. The highest BCUT2D eigenvalue weighted by atomic mass is 19.4. The highest BCUT2D eigenvalue weighted by Crippen LogP contribution is 2.74. The predicted octanol–water partition coefficient (Wildman–Crippen LogP) is 5.99. The van der Waals surface area contributed by atoms with E-state index in [9.17, 15) is 31.1 Å². The van der Waals surface area contributed by atoms with Gasteiger partial charge in [0.15, 0.2) is 5.54 Å². The van der Waals surface area contributed by atoms with Gasteiger partial charge in [0.05, 0.1) is 12.0 Å². The van der Waals surface area contributed by atoms with Gasteiger partial charge >= 0.3 is 12.4 Å². The molecule has 1 saturated carbocycles. The SMILES string of the molecule is O=C1N(Cc2ccccc2)C(c2ccc(OCCCC(F)(F)F)cc2)(C(F)(F)F)C12CC2. The van der Waals surface area contributed by atoms with E-state index in [1.54, 1.807) is 30.3 Å². The van der Waals surface area contributed by atoms with Crippen LogP contribution in [0.1, 0.15) is 36.8 Å². The van der Waals surface area contributed by atoms with Gasteiger partial charge in [-0.1, -0.05) is 42.5 Å². The number of likely N-dealkylation sites (tertiary alicyclic amines) is 1. The van der Waals surface area contributed by atoms with Gasteiger partial charge in [0.1, 0.15) is 5.75 Å². The van der Waals surface area contributed by atoms with Gasteiger partial charge < -0.3 is 9.64 Å². The molecule has 1 unspecified atom stereocenters. The van der Waals surface area contributed by atoms with Crippen LogP contribution in [0.4, 0.5) is 26.3 Å². The molecule has 0 aromatic heterocycles. The summed E-state index contributed by atoms with van der Waals surface area (Å²) in [6.45, 7) is -0.373. The average Bonchev–Trinajstić information content (AvgIpc) is 3.54. The van der Waals surface area contributed by atoms with Crippen molar-refractivity contribution in [3.63, 3.8) is 0 Å². The number of hydrogen-bond donors (Lipinski definition) is 0. The first-order valence-corrected chi connectivity index (χ1v) is 10.2. The lowest BCUT2D eigenvalue weighted by Crippen LogP contribution is -2.75. The van der Waals surface area contributed by atoms with Crippen LogP contribution in [0.15, 0.2) is 54.6 Å². The number of ether oxygens (including phenoxy) is 1. The molecule has 172 valence electrons. The number of halogens is 6. The molecule has 2 aromatic carbocycles. The second-order valence-corrected chi connectivity index (χ2v) is 8.26. The van der Waals surface area contributed by atoms with E-state index < -0.39 is 35.6 Å². The van der Waals surface area contributed by atoms with E-state index >= 15 is 0 Å². The summed E-state index contributed by atoms with van der Waals surface area (Å²) < 4.78 is 85.8. The topological polar surface area (TPSA) is 29.5 Å². The van der Waals surface area contributed by atoms with Crippen LogP contribution in [0.2, 0.25) is 0 Å². The van der Waals surface area contributed by atoms with E-state index in [0.29, 0.717) is 5.56 Å². The standard InChI is InChI=1S/C23H21F6NO2/c24-21(25,26)11-4-14-32-18-9-7-17(8-10-18)22(23(27,28)29)20(12-13-20)19(31)30(22)15-16-5-2-1-3-6-16/h1-3,5-10H,4,11-15H2.